The summed E-state index contributed by atoms with van der Waals surface area (Å²) in [6.07, 6.45) is -0.210. The van der Waals surface area contributed by atoms with Crippen molar-refractivity contribution in [3.05, 3.63) is 59.7 Å². The smallest absolute Gasteiger partial charge is 0.261 e. The van der Waals surface area contributed by atoms with Crippen LogP contribution in [0.25, 0.3) is 0 Å². The number of carbonyl (C=O) groups excluding carboxylic acids is 2. The van der Waals surface area contributed by atoms with Gasteiger partial charge in [-0.2, -0.15) is 4.72 Å². The second-order valence-corrected chi connectivity index (χ2v) is 8.91. The minimum absolute atomic E-state index is 0.153. The van der Waals surface area contributed by atoms with Crippen LogP contribution < -0.4 is 20.3 Å². The molecule has 0 saturated heterocycles. The van der Waals surface area contributed by atoms with Gasteiger partial charge in [0, 0.05) is 6.54 Å². The molecule has 0 aromatic heterocycles. The van der Waals surface area contributed by atoms with Crippen LogP contribution in [-0.4, -0.2) is 38.6 Å². The number of hydrogen-bond donors (Lipinski definition) is 4. The Bertz CT molecular complexity index is 1010. The molecular weight excluding hydrogens is 422 g/mol. The van der Waals surface area contributed by atoms with Gasteiger partial charge in [-0.1, -0.05) is 44.2 Å². The van der Waals surface area contributed by atoms with Crippen molar-refractivity contribution in [3.8, 4) is 5.75 Å². The fourth-order valence-corrected chi connectivity index (χ4v) is 4.47. The Balaban J connectivity index is 2.27. The van der Waals surface area contributed by atoms with E-state index in [9.17, 15) is 18.0 Å². The van der Waals surface area contributed by atoms with Gasteiger partial charge in [0.25, 0.3) is 5.91 Å². The Morgan fingerprint density at radius 1 is 1.10 bits per heavy atom. The van der Waals surface area contributed by atoms with Crippen molar-refractivity contribution in [1.29, 1.82) is 0 Å². The van der Waals surface area contributed by atoms with E-state index in [1.807, 2.05) is 30.3 Å². The summed E-state index contributed by atoms with van der Waals surface area (Å²) in [7, 11) is -2.75. The highest BCUT2D eigenvalue weighted by molar-refractivity contribution is 7.89. The maximum absolute atomic E-state index is 13.0. The zero-order valence-corrected chi connectivity index (χ0v) is 18.4. The molecule has 4 N–H and O–H groups in total. The number of amides is 2. The summed E-state index contributed by atoms with van der Waals surface area (Å²) >= 11 is 0. The summed E-state index contributed by atoms with van der Waals surface area (Å²) in [5.41, 5.74) is 2.59. The van der Waals surface area contributed by atoms with Crippen LogP contribution in [0.15, 0.2) is 53.4 Å². The number of rotatable bonds is 10. The third kappa shape index (κ3) is 6.78. The van der Waals surface area contributed by atoms with E-state index in [1.54, 1.807) is 13.8 Å². The number of benzene rings is 2. The highest BCUT2D eigenvalue weighted by Crippen LogP contribution is 2.23. The number of hydroxylamine groups is 1. The van der Waals surface area contributed by atoms with Crippen molar-refractivity contribution in [2.24, 2.45) is 5.92 Å². The summed E-state index contributed by atoms with van der Waals surface area (Å²) in [5.74, 6) is -1.30. The van der Waals surface area contributed by atoms with E-state index in [0.717, 1.165) is 5.56 Å². The minimum atomic E-state index is -4.19. The van der Waals surface area contributed by atoms with E-state index in [4.69, 9.17) is 9.94 Å². The topological polar surface area (TPSA) is 134 Å². The molecule has 2 amide bonds. The Hall–Kier alpha value is -2.95. The largest absolute Gasteiger partial charge is 0.497 e. The molecule has 1 atom stereocenters. The Morgan fingerprint density at radius 3 is 2.35 bits per heavy atom. The van der Waals surface area contributed by atoms with Crippen LogP contribution in [0.5, 0.6) is 5.75 Å². The van der Waals surface area contributed by atoms with Crippen molar-refractivity contribution in [1.82, 2.24) is 15.5 Å². The zero-order chi connectivity index (χ0) is 23.0. The van der Waals surface area contributed by atoms with Crippen molar-refractivity contribution < 1.29 is 28.0 Å². The molecule has 0 radical (unpaired) electrons. The van der Waals surface area contributed by atoms with E-state index in [1.165, 1.54) is 30.8 Å². The molecule has 0 fully saturated rings. The first-order chi connectivity index (χ1) is 14.7. The van der Waals surface area contributed by atoms with Crippen LogP contribution in [0.3, 0.4) is 0 Å². The molecule has 0 aliphatic heterocycles. The van der Waals surface area contributed by atoms with Crippen molar-refractivity contribution in [2.75, 3.05) is 7.11 Å². The number of methoxy groups -OCH3 is 1. The van der Waals surface area contributed by atoms with Crippen molar-refractivity contribution in [3.63, 3.8) is 0 Å². The Kier molecular flexibility index (Phi) is 8.55. The van der Waals surface area contributed by atoms with Crippen molar-refractivity contribution >= 4 is 21.8 Å². The van der Waals surface area contributed by atoms with Crippen LogP contribution in [0.2, 0.25) is 0 Å². The van der Waals surface area contributed by atoms with E-state index >= 15 is 0 Å². The summed E-state index contributed by atoms with van der Waals surface area (Å²) in [4.78, 5) is 24.2. The lowest BCUT2D eigenvalue weighted by atomic mass is 10.1. The number of hydrogen-bond acceptors (Lipinski definition) is 6. The van der Waals surface area contributed by atoms with Gasteiger partial charge in [-0.05, 0) is 35.2 Å². The lowest BCUT2D eigenvalue weighted by molar-refractivity contribution is -0.131. The van der Waals surface area contributed by atoms with Crippen LogP contribution in [0.4, 0.5) is 0 Å². The molecule has 0 aliphatic carbocycles. The number of sulfonamides is 1. The molecule has 10 heteroatoms. The van der Waals surface area contributed by atoms with Gasteiger partial charge >= 0.3 is 0 Å². The average Bonchev–Trinajstić information content (AvgIpc) is 2.75. The summed E-state index contributed by atoms with van der Waals surface area (Å²) in [6, 6.07) is 12.3. The van der Waals surface area contributed by atoms with Crippen LogP contribution in [0.1, 0.15) is 25.0 Å². The molecule has 0 spiro atoms. The van der Waals surface area contributed by atoms with Crippen LogP contribution in [-0.2, 0) is 32.6 Å². The molecule has 2 aromatic carbocycles. The van der Waals surface area contributed by atoms with Crippen LogP contribution >= 0.6 is 0 Å². The highest BCUT2D eigenvalue weighted by atomic mass is 32.2. The molecule has 0 aliphatic rings. The first-order valence-corrected chi connectivity index (χ1v) is 11.1. The monoisotopic (exact) mass is 449 g/mol. The molecule has 0 unspecified atom stereocenters. The normalized spacial score (nSPS) is 12.3. The Labute approximate surface area is 181 Å². The second-order valence-electron chi connectivity index (χ2n) is 7.23. The first-order valence-electron chi connectivity index (χ1n) is 9.61. The van der Waals surface area contributed by atoms with E-state index in [0.29, 0.717) is 12.3 Å². The van der Waals surface area contributed by atoms with Gasteiger partial charge in [0.1, 0.15) is 11.8 Å². The van der Waals surface area contributed by atoms with Gasteiger partial charge in [0.05, 0.1) is 18.4 Å². The van der Waals surface area contributed by atoms with E-state index < -0.39 is 27.9 Å². The summed E-state index contributed by atoms with van der Waals surface area (Å²) < 4.78 is 33.5. The maximum Gasteiger partial charge on any atom is 0.261 e. The lowest BCUT2D eigenvalue weighted by Gasteiger charge is -2.21. The lowest BCUT2D eigenvalue weighted by Crippen LogP contribution is -2.49. The quantitative estimate of drug-likeness (QED) is 0.320. The molecule has 2 aromatic rings. The summed E-state index contributed by atoms with van der Waals surface area (Å²) in [6.45, 7) is 3.57. The van der Waals surface area contributed by atoms with E-state index in [-0.39, 0.29) is 22.8 Å². The maximum atomic E-state index is 13.0. The molecule has 0 bridgehead atoms. The number of ether oxygens (including phenoxy) is 1. The molecule has 0 saturated carbocycles. The SMILES string of the molecule is COc1ccc(S(=O)(=O)N[C@@H](C(=O)NO)C(C)C)c(CC(=O)NCc2ccccc2)c1. The number of carbonyl (C=O) groups is 2. The van der Waals surface area contributed by atoms with Gasteiger partial charge < -0.3 is 10.1 Å². The fraction of sp³-hybridized carbons (Fsp3) is 0.333. The van der Waals surface area contributed by atoms with Crippen molar-refractivity contribution in [2.45, 2.75) is 37.8 Å². The second kappa shape index (κ2) is 10.9. The zero-order valence-electron chi connectivity index (χ0n) is 17.6. The average molecular weight is 450 g/mol. The van der Waals surface area contributed by atoms with Gasteiger partial charge in [-0.15, -0.1) is 0 Å². The summed E-state index contributed by atoms with van der Waals surface area (Å²) in [5, 5.41) is 11.7. The third-order valence-electron chi connectivity index (χ3n) is 4.58. The van der Waals surface area contributed by atoms with E-state index in [2.05, 4.69) is 10.0 Å². The first kappa shape index (κ1) is 24.3. The van der Waals surface area contributed by atoms with Gasteiger partial charge in [-0.25, -0.2) is 13.9 Å². The predicted molar refractivity (Wildman–Crippen MR) is 114 cm³/mol. The molecule has 0 heterocycles. The third-order valence-corrected chi connectivity index (χ3v) is 6.12. The van der Waals surface area contributed by atoms with Gasteiger partial charge in [0.2, 0.25) is 15.9 Å². The standard InChI is InChI=1S/C21H27N3O6S/c1-14(2)20(21(26)23-27)24-31(28,29)18-10-9-17(30-3)11-16(18)12-19(25)22-13-15-7-5-4-6-8-15/h4-11,14,20,24,27H,12-13H2,1-3H3,(H,22,25)(H,23,26)/t20-/m1/s1. The fourth-order valence-electron chi connectivity index (χ4n) is 2.91. The molecular formula is C21H27N3O6S. The van der Waals surface area contributed by atoms with Gasteiger partial charge in [-0.3, -0.25) is 14.8 Å². The molecule has 2 rings (SSSR count). The number of nitrogens with one attached hydrogen (secondary N) is 3. The molecule has 168 valence electrons. The molecule has 9 nitrogen and oxygen atoms in total. The highest BCUT2D eigenvalue weighted by Gasteiger charge is 2.30. The predicted octanol–water partition coefficient (Wildman–Crippen LogP) is 1.36. The van der Waals surface area contributed by atoms with Gasteiger partial charge in [0.15, 0.2) is 0 Å². The molecule has 31 heavy (non-hydrogen) atoms. The van der Waals surface area contributed by atoms with Crippen LogP contribution in [0, 0.1) is 5.92 Å². The minimum Gasteiger partial charge on any atom is -0.497 e. The Morgan fingerprint density at radius 2 is 1.77 bits per heavy atom.